The first kappa shape index (κ1) is 16.9. The van der Waals surface area contributed by atoms with Crippen LogP contribution >= 0.6 is 11.8 Å². The highest BCUT2D eigenvalue weighted by Crippen LogP contribution is 2.10. The van der Waals surface area contributed by atoms with Crippen LogP contribution in [0.5, 0.6) is 0 Å². The normalized spacial score (nSPS) is 20.3. The van der Waals surface area contributed by atoms with Crippen LogP contribution in [0.25, 0.3) is 0 Å². The number of hydrogen-bond donors (Lipinski definition) is 1. The summed E-state index contributed by atoms with van der Waals surface area (Å²) >= 11 is 1.97. The molecule has 1 aliphatic heterocycles. The van der Waals surface area contributed by atoms with Gasteiger partial charge in [0.25, 0.3) is 0 Å². The zero-order valence-corrected chi connectivity index (χ0v) is 14.2. The summed E-state index contributed by atoms with van der Waals surface area (Å²) in [5, 5.41) is 3.73. The Morgan fingerprint density at radius 2 is 2.05 bits per heavy atom. The molecular formula is C18H30N2S. The summed E-state index contributed by atoms with van der Waals surface area (Å²) < 4.78 is 0. The Hall–Kier alpha value is -0.510. The molecule has 21 heavy (non-hydrogen) atoms. The van der Waals surface area contributed by atoms with E-state index in [2.05, 4.69) is 46.8 Å². The maximum absolute atomic E-state index is 3.73. The molecule has 2 rings (SSSR count). The number of nitrogens with one attached hydrogen (secondary N) is 1. The van der Waals surface area contributed by atoms with Gasteiger partial charge in [0.2, 0.25) is 0 Å². The second-order valence-corrected chi connectivity index (χ2v) is 7.03. The highest BCUT2D eigenvalue weighted by Gasteiger charge is 2.17. The molecule has 1 unspecified atom stereocenters. The average Bonchev–Trinajstić information content (AvgIpc) is 2.73. The molecule has 1 N–H and O–H groups in total. The van der Waals surface area contributed by atoms with E-state index in [1.165, 1.54) is 63.2 Å². The number of rotatable bonds is 8. The predicted octanol–water partition coefficient (Wildman–Crippen LogP) is 3.43. The molecule has 0 aliphatic carbocycles. The van der Waals surface area contributed by atoms with E-state index in [0.29, 0.717) is 6.04 Å². The van der Waals surface area contributed by atoms with Crippen LogP contribution in [0.15, 0.2) is 30.3 Å². The van der Waals surface area contributed by atoms with E-state index < -0.39 is 0 Å². The van der Waals surface area contributed by atoms with Crippen molar-refractivity contribution in [3.8, 4) is 0 Å². The average molecular weight is 307 g/mol. The van der Waals surface area contributed by atoms with Crippen molar-refractivity contribution in [1.82, 2.24) is 10.2 Å². The Balaban J connectivity index is 1.73. The summed E-state index contributed by atoms with van der Waals surface area (Å²) in [5.41, 5.74) is 1.46. The third-order valence-corrected chi connectivity index (χ3v) is 4.91. The highest BCUT2D eigenvalue weighted by atomic mass is 32.2. The van der Waals surface area contributed by atoms with Crippen LogP contribution in [0.4, 0.5) is 0 Å². The van der Waals surface area contributed by atoms with Crippen molar-refractivity contribution >= 4 is 11.8 Å². The van der Waals surface area contributed by atoms with Gasteiger partial charge in [-0.3, -0.25) is 0 Å². The van der Waals surface area contributed by atoms with E-state index in [1.807, 2.05) is 11.8 Å². The molecule has 1 aromatic rings. The first-order valence-electron chi connectivity index (χ1n) is 8.37. The molecule has 0 radical (unpaired) electrons. The lowest BCUT2D eigenvalue weighted by atomic mass is 10.1. The fraction of sp³-hybridized carbons (Fsp3) is 0.667. The Morgan fingerprint density at radius 3 is 2.86 bits per heavy atom. The van der Waals surface area contributed by atoms with Crippen molar-refractivity contribution in [3.63, 3.8) is 0 Å². The van der Waals surface area contributed by atoms with Crippen LogP contribution in [-0.2, 0) is 6.42 Å². The Morgan fingerprint density at radius 1 is 1.19 bits per heavy atom. The lowest BCUT2D eigenvalue weighted by Gasteiger charge is -2.24. The molecule has 1 aromatic carbocycles. The molecule has 0 bridgehead atoms. The van der Waals surface area contributed by atoms with Gasteiger partial charge < -0.3 is 10.2 Å². The van der Waals surface area contributed by atoms with Crippen molar-refractivity contribution in [1.29, 1.82) is 0 Å². The smallest absolute Gasteiger partial charge is 0.0235 e. The van der Waals surface area contributed by atoms with Gasteiger partial charge in [-0.2, -0.15) is 11.8 Å². The number of hydrogen-bond acceptors (Lipinski definition) is 3. The number of benzene rings is 1. The van der Waals surface area contributed by atoms with E-state index in [9.17, 15) is 0 Å². The van der Waals surface area contributed by atoms with E-state index in [4.69, 9.17) is 0 Å². The van der Waals surface area contributed by atoms with Gasteiger partial charge in [0.15, 0.2) is 0 Å². The standard InChI is InChI=1S/C18H30N2S/c1-21-14-7-3-6-12-20-13-8-11-19-18(16-20)15-17-9-4-2-5-10-17/h2,4-5,9-10,18-19H,3,6-8,11-16H2,1H3. The second-order valence-electron chi connectivity index (χ2n) is 6.05. The number of thioether (sulfide) groups is 1. The summed E-state index contributed by atoms with van der Waals surface area (Å²) in [5.74, 6) is 1.32. The second kappa shape index (κ2) is 10.3. The van der Waals surface area contributed by atoms with Crippen LogP contribution < -0.4 is 5.32 Å². The van der Waals surface area contributed by atoms with E-state index in [-0.39, 0.29) is 0 Å². The molecule has 1 aliphatic rings. The third-order valence-electron chi connectivity index (χ3n) is 4.21. The molecule has 1 saturated heterocycles. The quantitative estimate of drug-likeness (QED) is 0.741. The molecule has 0 amide bonds. The van der Waals surface area contributed by atoms with Crippen molar-refractivity contribution in [2.45, 2.75) is 38.1 Å². The highest BCUT2D eigenvalue weighted by molar-refractivity contribution is 7.98. The zero-order chi connectivity index (χ0) is 14.8. The minimum atomic E-state index is 0.612. The third kappa shape index (κ3) is 6.86. The van der Waals surface area contributed by atoms with E-state index >= 15 is 0 Å². The van der Waals surface area contributed by atoms with E-state index in [1.54, 1.807) is 0 Å². The number of nitrogens with zero attached hydrogens (tertiary/aromatic N) is 1. The van der Waals surface area contributed by atoms with Gasteiger partial charge in [0, 0.05) is 12.6 Å². The topological polar surface area (TPSA) is 15.3 Å². The Bertz CT molecular complexity index is 369. The maximum atomic E-state index is 3.73. The minimum Gasteiger partial charge on any atom is -0.312 e. The van der Waals surface area contributed by atoms with Crippen LogP contribution in [0, 0.1) is 0 Å². The molecule has 0 spiro atoms. The summed E-state index contributed by atoms with van der Waals surface area (Å²) in [4.78, 5) is 2.67. The number of unbranched alkanes of at least 4 members (excludes halogenated alkanes) is 2. The molecule has 1 atom stereocenters. The first-order chi connectivity index (χ1) is 10.4. The first-order valence-corrected chi connectivity index (χ1v) is 9.76. The van der Waals surface area contributed by atoms with E-state index in [0.717, 1.165) is 6.42 Å². The van der Waals surface area contributed by atoms with Gasteiger partial charge in [-0.25, -0.2) is 0 Å². The lowest BCUT2D eigenvalue weighted by molar-refractivity contribution is 0.261. The maximum Gasteiger partial charge on any atom is 0.0235 e. The summed E-state index contributed by atoms with van der Waals surface area (Å²) in [7, 11) is 0. The van der Waals surface area contributed by atoms with Gasteiger partial charge in [0.05, 0.1) is 0 Å². The lowest BCUT2D eigenvalue weighted by Crippen LogP contribution is -2.39. The Kier molecular flexibility index (Phi) is 8.23. The summed E-state index contributed by atoms with van der Waals surface area (Å²) in [6, 6.07) is 11.5. The van der Waals surface area contributed by atoms with Gasteiger partial charge in [-0.15, -0.1) is 0 Å². The molecule has 1 fully saturated rings. The van der Waals surface area contributed by atoms with Gasteiger partial charge in [-0.05, 0) is 62.9 Å². The molecule has 3 heteroatoms. The molecule has 1 heterocycles. The van der Waals surface area contributed by atoms with Gasteiger partial charge in [0.1, 0.15) is 0 Å². The van der Waals surface area contributed by atoms with Crippen LogP contribution in [-0.4, -0.2) is 49.1 Å². The molecular weight excluding hydrogens is 276 g/mol. The van der Waals surface area contributed by atoms with Crippen LogP contribution in [0.2, 0.25) is 0 Å². The van der Waals surface area contributed by atoms with Gasteiger partial charge >= 0.3 is 0 Å². The summed E-state index contributed by atoms with van der Waals surface area (Å²) in [6.07, 6.45) is 8.77. The Labute approximate surface area is 134 Å². The predicted molar refractivity (Wildman–Crippen MR) is 95.2 cm³/mol. The molecule has 0 aromatic heterocycles. The summed E-state index contributed by atoms with van der Waals surface area (Å²) in [6.45, 7) is 4.92. The fourth-order valence-electron chi connectivity index (χ4n) is 3.07. The zero-order valence-electron chi connectivity index (χ0n) is 13.4. The van der Waals surface area contributed by atoms with Crippen LogP contribution in [0.1, 0.15) is 31.2 Å². The van der Waals surface area contributed by atoms with Crippen molar-refractivity contribution < 1.29 is 0 Å². The van der Waals surface area contributed by atoms with Gasteiger partial charge in [-0.1, -0.05) is 36.8 Å². The molecule has 118 valence electrons. The largest absolute Gasteiger partial charge is 0.312 e. The van der Waals surface area contributed by atoms with Crippen LogP contribution in [0.3, 0.4) is 0 Å². The molecule has 2 nitrogen and oxygen atoms in total. The SMILES string of the molecule is CSCCCCCN1CCCNC(Cc2ccccc2)C1. The molecule has 0 saturated carbocycles. The fourth-order valence-corrected chi connectivity index (χ4v) is 3.57. The van der Waals surface area contributed by atoms with Crippen molar-refractivity contribution in [3.05, 3.63) is 35.9 Å². The van der Waals surface area contributed by atoms with Crippen molar-refractivity contribution in [2.75, 3.05) is 38.2 Å². The van der Waals surface area contributed by atoms with Crippen molar-refractivity contribution in [2.24, 2.45) is 0 Å². The minimum absolute atomic E-state index is 0.612. The monoisotopic (exact) mass is 306 g/mol.